The Kier molecular flexibility index (Phi) is 2.51. The van der Waals surface area contributed by atoms with Crippen LogP contribution in [0.4, 0.5) is 0 Å². The monoisotopic (exact) mass is 150 g/mol. The summed E-state index contributed by atoms with van der Waals surface area (Å²) < 4.78 is 0. The average Bonchev–Trinajstić information content (AvgIpc) is 2.32. The topological polar surface area (TPSA) is 69.1 Å². The summed E-state index contributed by atoms with van der Waals surface area (Å²) in [4.78, 5) is 14.4. The Morgan fingerprint density at radius 1 is 1.82 bits per heavy atom. The van der Waals surface area contributed by atoms with Gasteiger partial charge in [0.25, 0.3) is 0 Å². The summed E-state index contributed by atoms with van der Waals surface area (Å²) in [5.74, 6) is 0. The van der Waals surface area contributed by atoms with Gasteiger partial charge in [-0.15, -0.1) is 0 Å². The predicted molar refractivity (Wildman–Crippen MR) is 39.9 cm³/mol. The van der Waals surface area contributed by atoms with Crippen molar-refractivity contribution in [1.29, 1.82) is 0 Å². The van der Waals surface area contributed by atoms with Crippen LogP contribution in [0.1, 0.15) is 6.42 Å². The van der Waals surface area contributed by atoms with Crippen LogP contribution in [0, 0.1) is 0 Å². The molecule has 0 aliphatic carbocycles. The molecule has 0 aromatic heterocycles. The number of hydrogen-bond donors (Lipinski definition) is 0. The lowest BCUT2D eigenvalue weighted by molar-refractivity contribution is -0.110. The molecule has 5 nitrogen and oxygen atoms in total. The maximum Gasteiger partial charge on any atom is 0.183 e. The molecule has 0 aromatic rings. The standard InChI is InChI=1S/C5H7BN4O/c6-10-2-4(8-9-7)1-5(10)3-11/h3-5H,1-2H2/t4-,5-/m0/s1. The molecular weight excluding hydrogens is 143 g/mol. The molecule has 2 atom stereocenters. The Bertz CT molecular complexity index is 203. The lowest BCUT2D eigenvalue weighted by Crippen LogP contribution is -2.27. The number of nitrogens with zero attached hydrogens (tertiary/aromatic N) is 4. The molecule has 0 spiro atoms. The van der Waals surface area contributed by atoms with Crippen LogP contribution in [0.25, 0.3) is 10.4 Å². The third-order valence-corrected chi connectivity index (χ3v) is 1.73. The second-order valence-corrected chi connectivity index (χ2v) is 2.49. The number of azide groups is 1. The summed E-state index contributed by atoms with van der Waals surface area (Å²) in [7, 11) is 5.43. The second kappa shape index (κ2) is 3.41. The van der Waals surface area contributed by atoms with E-state index in [1.807, 2.05) is 0 Å². The fourth-order valence-electron chi connectivity index (χ4n) is 1.16. The van der Waals surface area contributed by atoms with Crippen LogP contribution in [-0.2, 0) is 4.79 Å². The summed E-state index contributed by atoms with van der Waals surface area (Å²) in [5, 5.41) is 3.47. The molecule has 0 unspecified atom stereocenters. The van der Waals surface area contributed by atoms with Crippen LogP contribution in [0.15, 0.2) is 5.11 Å². The summed E-state index contributed by atoms with van der Waals surface area (Å²) in [6, 6.07) is -0.439. The Balaban J connectivity index is 2.55. The van der Waals surface area contributed by atoms with Crippen molar-refractivity contribution in [1.82, 2.24) is 4.81 Å². The molecule has 56 valence electrons. The third-order valence-electron chi connectivity index (χ3n) is 1.73. The van der Waals surface area contributed by atoms with Crippen LogP contribution in [0.5, 0.6) is 0 Å². The SMILES string of the molecule is [B]N1C[C@@H](N=[N+]=[N-])C[C@H]1C=O. The fourth-order valence-corrected chi connectivity index (χ4v) is 1.16. The largest absolute Gasteiger partial charge is 0.345 e. The predicted octanol–water partition coefficient (Wildman–Crippen LogP) is 0.0220. The van der Waals surface area contributed by atoms with Crippen molar-refractivity contribution in [2.75, 3.05) is 6.54 Å². The lowest BCUT2D eigenvalue weighted by Gasteiger charge is -2.11. The summed E-state index contributed by atoms with van der Waals surface area (Å²) in [6.45, 7) is 0.466. The van der Waals surface area contributed by atoms with Crippen molar-refractivity contribution in [3.8, 4) is 0 Å². The van der Waals surface area contributed by atoms with Crippen LogP contribution in [0.2, 0.25) is 0 Å². The van der Waals surface area contributed by atoms with Crippen molar-refractivity contribution in [2.45, 2.75) is 18.5 Å². The number of carbonyl (C=O) groups excluding carboxylic acids is 1. The Labute approximate surface area is 65.4 Å². The molecule has 1 heterocycles. The molecule has 1 rings (SSSR count). The van der Waals surface area contributed by atoms with Crippen molar-refractivity contribution in [3.63, 3.8) is 0 Å². The van der Waals surface area contributed by atoms with E-state index in [0.29, 0.717) is 13.0 Å². The maximum atomic E-state index is 10.3. The highest BCUT2D eigenvalue weighted by Gasteiger charge is 2.27. The van der Waals surface area contributed by atoms with Gasteiger partial charge in [-0.2, -0.15) is 0 Å². The highest BCUT2D eigenvalue weighted by Crippen LogP contribution is 2.16. The van der Waals surface area contributed by atoms with Gasteiger partial charge in [0.15, 0.2) is 7.98 Å². The Morgan fingerprint density at radius 2 is 2.55 bits per heavy atom. The molecule has 2 radical (unpaired) electrons. The summed E-state index contributed by atoms with van der Waals surface area (Å²) in [5.41, 5.74) is 8.08. The number of carbonyl (C=O) groups is 1. The van der Waals surface area contributed by atoms with E-state index in [1.54, 1.807) is 0 Å². The first-order valence-electron chi connectivity index (χ1n) is 3.28. The molecule has 0 bridgehead atoms. The van der Waals surface area contributed by atoms with Crippen LogP contribution in [-0.4, -0.2) is 37.7 Å². The highest BCUT2D eigenvalue weighted by atomic mass is 16.1. The Hall–Kier alpha value is -0.995. The second-order valence-electron chi connectivity index (χ2n) is 2.49. The van der Waals surface area contributed by atoms with E-state index < -0.39 is 0 Å². The van der Waals surface area contributed by atoms with Gasteiger partial charge in [-0.1, -0.05) is 5.11 Å². The summed E-state index contributed by atoms with van der Waals surface area (Å²) in [6.07, 6.45) is 1.30. The van der Waals surface area contributed by atoms with Gasteiger partial charge in [-0.05, 0) is 18.5 Å². The molecular formula is C5H7BN4O. The van der Waals surface area contributed by atoms with Gasteiger partial charge in [-0.25, -0.2) is 0 Å². The lowest BCUT2D eigenvalue weighted by atomic mass is 10.2. The number of aldehydes is 1. The van der Waals surface area contributed by atoms with Crippen LogP contribution in [0.3, 0.4) is 0 Å². The normalized spacial score (nSPS) is 31.3. The van der Waals surface area contributed by atoms with Gasteiger partial charge in [-0.3, -0.25) is 0 Å². The number of hydrogen-bond acceptors (Lipinski definition) is 3. The molecule has 1 aliphatic rings. The smallest absolute Gasteiger partial charge is 0.183 e. The zero-order chi connectivity index (χ0) is 8.27. The van der Waals surface area contributed by atoms with Crippen LogP contribution < -0.4 is 0 Å². The zero-order valence-corrected chi connectivity index (χ0v) is 5.92. The first kappa shape index (κ1) is 8.10. The van der Waals surface area contributed by atoms with Crippen molar-refractivity contribution in [2.24, 2.45) is 5.11 Å². The van der Waals surface area contributed by atoms with Crippen LogP contribution >= 0.6 is 0 Å². The third kappa shape index (κ3) is 1.72. The molecule has 0 N–H and O–H groups in total. The zero-order valence-electron chi connectivity index (χ0n) is 5.92. The van der Waals surface area contributed by atoms with Gasteiger partial charge in [0, 0.05) is 4.91 Å². The number of rotatable bonds is 2. The van der Waals surface area contributed by atoms with Gasteiger partial charge in [0.05, 0.1) is 12.1 Å². The van der Waals surface area contributed by atoms with E-state index in [1.165, 1.54) is 4.81 Å². The molecule has 0 aromatic carbocycles. The quantitative estimate of drug-likeness (QED) is 0.183. The van der Waals surface area contributed by atoms with E-state index >= 15 is 0 Å². The van der Waals surface area contributed by atoms with E-state index in [9.17, 15) is 4.79 Å². The van der Waals surface area contributed by atoms with Crippen molar-refractivity contribution >= 4 is 14.3 Å². The Morgan fingerprint density at radius 3 is 3.00 bits per heavy atom. The molecule has 0 saturated carbocycles. The van der Waals surface area contributed by atoms with Gasteiger partial charge in [0.1, 0.15) is 6.29 Å². The molecule has 1 fully saturated rings. The minimum atomic E-state index is -0.287. The van der Waals surface area contributed by atoms with E-state index in [0.717, 1.165) is 6.29 Å². The highest BCUT2D eigenvalue weighted by molar-refractivity contribution is 6.06. The van der Waals surface area contributed by atoms with Gasteiger partial charge < -0.3 is 9.61 Å². The van der Waals surface area contributed by atoms with Gasteiger partial charge in [0.2, 0.25) is 0 Å². The van der Waals surface area contributed by atoms with E-state index in [4.69, 9.17) is 13.5 Å². The van der Waals surface area contributed by atoms with E-state index in [-0.39, 0.29) is 12.1 Å². The summed E-state index contributed by atoms with van der Waals surface area (Å²) >= 11 is 0. The first-order chi connectivity index (χ1) is 5.27. The minimum Gasteiger partial charge on any atom is -0.345 e. The minimum absolute atomic E-state index is 0.153. The molecule has 1 aliphatic heterocycles. The molecule has 0 amide bonds. The molecule has 1 saturated heterocycles. The fraction of sp³-hybridized carbons (Fsp3) is 0.800. The van der Waals surface area contributed by atoms with Crippen molar-refractivity contribution < 1.29 is 4.79 Å². The van der Waals surface area contributed by atoms with Gasteiger partial charge >= 0.3 is 0 Å². The maximum absolute atomic E-state index is 10.3. The van der Waals surface area contributed by atoms with Crippen molar-refractivity contribution in [3.05, 3.63) is 10.4 Å². The average molecular weight is 150 g/mol. The van der Waals surface area contributed by atoms with E-state index in [2.05, 4.69) is 10.0 Å². The molecule has 6 heteroatoms. The first-order valence-corrected chi connectivity index (χ1v) is 3.28. The molecule has 11 heavy (non-hydrogen) atoms.